The van der Waals surface area contributed by atoms with E-state index in [1.54, 1.807) is 4.90 Å². The number of nitrogens with one attached hydrogen (secondary N) is 1. The van der Waals surface area contributed by atoms with E-state index >= 15 is 0 Å². The van der Waals surface area contributed by atoms with E-state index in [0.717, 1.165) is 0 Å². The van der Waals surface area contributed by atoms with Crippen LogP contribution in [-0.4, -0.2) is 50.0 Å². The minimum atomic E-state index is -2.90. The summed E-state index contributed by atoms with van der Waals surface area (Å²) in [6, 6.07) is -0.0871. The minimum Gasteiger partial charge on any atom is -0.336 e. The number of carbonyl (C=O) groups is 1. The number of sulfone groups is 1. The lowest BCUT2D eigenvalue weighted by Crippen LogP contribution is -2.49. The van der Waals surface area contributed by atoms with Crippen LogP contribution >= 0.6 is 0 Å². The standard InChI is InChI=1S/C8H16N2O3S/c1-7(2)9-8(11)10-3-5-14(12,13)6-4-10/h7H,3-6H2,1-2H3,(H,9,11). The highest BCUT2D eigenvalue weighted by molar-refractivity contribution is 7.91. The van der Waals surface area contributed by atoms with E-state index in [0.29, 0.717) is 13.1 Å². The van der Waals surface area contributed by atoms with Crippen LogP contribution in [-0.2, 0) is 9.84 Å². The second kappa shape index (κ2) is 4.16. The Bertz CT molecular complexity index is 297. The van der Waals surface area contributed by atoms with E-state index in [9.17, 15) is 13.2 Å². The molecule has 14 heavy (non-hydrogen) atoms. The first-order chi connectivity index (χ1) is 6.41. The Balaban J connectivity index is 2.46. The predicted octanol–water partition coefficient (Wildman–Crippen LogP) is -0.165. The third-order valence-electron chi connectivity index (χ3n) is 2.04. The third-order valence-corrected chi connectivity index (χ3v) is 3.65. The molecule has 0 radical (unpaired) electrons. The van der Waals surface area contributed by atoms with Crippen molar-refractivity contribution < 1.29 is 13.2 Å². The van der Waals surface area contributed by atoms with Crippen LogP contribution in [0.2, 0.25) is 0 Å². The van der Waals surface area contributed by atoms with Crippen molar-refractivity contribution in [3.05, 3.63) is 0 Å². The lowest BCUT2D eigenvalue weighted by Gasteiger charge is -2.27. The van der Waals surface area contributed by atoms with E-state index in [1.165, 1.54) is 0 Å². The number of amides is 2. The van der Waals surface area contributed by atoms with Crippen molar-refractivity contribution in [2.75, 3.05) is 24.6 Å². The Morgan fingerprint density at radius 2 is 1.79 bits per heavy atom. The molecule has 2 amide bonds. The quantitative estimate of drug-likeness (QED) is 0.667. The van der Waals surface area contributed by atoms with Crippen LogP contribution in [0.25, 0.3) is 0 Å². The molecule has 1 heterocycles. The van der Waals surface area contributed by atoms with Gasteiger partial charge in [-0.2, -0.15) is 0 Å². The zero-order valence-corrected chi connectivity index (χ0v) is 9.30. The molecule has 1 fully saturated rings. The van der Waals surface area contributed by atoms with Crippen molar-refractivity contribution in [1.82, 2.24) is 10.2 Å². The monoisotopic (exact) mass is 220 g/mol. The Kier molecular flexibility index (Phi) is 3.36. The summed E-state index contributed by atoms with van der Waals surface area (Å²) >= 11 is 0. The predicted molar refractivity (Wildman–Crippen MR) is 53.9 cm³/mol. The van der Waals surface area contributed by atoms with Gasteiger partial charge in [0, 0.05) is 19.1 Å². The second-order valence-electron chi connectivity index (χ2n) is 3.74. The average Bonchev–Trinajstić information content (AvgIpc) is 2.02. The van der Waals surface area contributed by atoms with Gasteiger partial charge in [0.05, 0.1) is 11.5 Å². The van der Waals surface area contributed by atoms with Crippen LogP contribution < -0.4 is 5.32 Å². The first-order valence-corrected chi connectivity index (χ1v) is 6.49. The van der Waals surface area contributed by atoms with Gasteiger partial charge < -0.3 is 10.2 Å². The van der Waals surface area contributed by atoms with Gasteiger partial charge in [-0.3, -0.25) is 0 Å². The number of rotatable bonds is 1. The number of urea groups is 1. The van der Waals surface area contributed by atoms with Crippen molar-refractivity contribution in [3.8, 4) is 0 Å². The number of carbonyl (C=O) groups excluding carboxylic acids is 1. The van der Waals surface area contributed by atoms with Gasteiger partial charge >= 0.3 is 6.03 Å². The Morgan fingerprint density at radius 3 is 2.21 bits per heavy atom. The molecule has 1 N–H and O–H groups in total. The molecule has 0 spiro atoms. The highest BCUT2D eigenvalue weighted by Crippen LogP contribution is 2.03. The van der Waals surface area contributed by atoms with Crippen LogP contribution in [0.1, 0.15) is 13.8 Å². The SMILES string of the molecule is CC(C)NC(=O)N1CCS(=O)(=O)CC1. The topological polar surface area (TPSA) is 66.5 Å². The maximum absolute atomic E-state index is 11.4. The molecular weight excluding hydrogens is 204 g/mol. The van der Waals surface area contributed by atoms with Gasteiger partial charge in [-0.15, -0.1) is 0 Å². The van der Waals surface area contributed by atoms with E-state index in [2.05, 4.69) is 5.32 Å². The largest absolute Gasteiger partial charge is 0.336 e. The Hall–Kier alpha value is -0.780. The molecule has 5 nitrogen and oxygen atoms in total. The third kappa shape index (κ3) is 3.17. The van der Waals surface area contributed by atoms with Gasteiger partial charge in [0.25, 0.3) is 0 Å². The molecule has 6 heteroatoms. The van der Waals surface area contributed by atoms with Crippen molar-refractivity contribution >= 4 is 15.9 Å². The summed E-state index contributed by atoms with van der Waals surface area (Å²) in [4.78, 5) is 13.0. The first-order valence-electron chi connectivity index (χ1n) is 4.66. The number of hydrogen-bond acceptors (Lipinski definition) is 3. The molecule has 1 aliphatic rings. The molecular formula is C8H16N2O3S. The molecule has 0 aromatic carbocycles. The van der Waals surface area contributed by atoms with Crippen molar-refractivity contribution in [2.24, 2.45) is 0 Å². The second-order valence-corrected chi connectivity index (χ2v) is 6.05. The smallest absolute Gasteiger partial charge is 0.317 e. The van der Waals surface area contributed by atoms with E-state index < -0.39 is 9.84 Å². The summed E-state index contributed by atoms with van der Waals surface area (Å²) in [7, 11) is -2.90. The van der Waals surface area contributed by atoms with Gasteiger partial charge in [-0.25, -0.2) is 13.2 Å². The number of nitrogens with zero attached hydrogens (tertiary/aromatic N) is 1. The van der Waals surface area contributed by atoms with Crippen molar-refractivity contribution in [1.29, 1.82) is 0 Å². The lowest BCUT2D eigenvalue weighted by molar-refractivity contribution is 0.199. The molecule has 1 saturated heterocycles. The van der Waals surface area contributed by atoms with Crippen LogP contribution in [0.5, 0.6) is 0 Å². The molecule has 82 valence electrons. The fourth-order valence-corrected chi connectivity index (χ4v) is 2.45. The summed E-state index contributed by atoms with van der Waals surface area (Å²) in [6.07, 6.45) is 0. The minimum absolute atomic E-state index is 0.0819. The van der Waals surface area contributed by atoms with Crippen LogP contribution in [0.4, 0.5) is 4.79 Å². The van der Waals surface area contributed by atoms with E-state index in [4.69, 9.17) is 0 Å². The van der Waals surface area contributed by atoms with Crippen LogP contribution in [0.3, 0.4) is 0 Å². The summed E-state index contributed by atoms with van der Waals surface area (Å²) < 4.78 is 22.2. The molecule has 1 rings (SSSR count). The molecule has 0 bridgehead atoms. The highest BCUT2D eigenvalue weighted by Gasteiger charge is 2.24. The van der Waals surface area contributed by atoms with Gasteiger partial charge in [0.2, 0.25) is 0 Å². The fraction of sp³-hybridized carbons (Fsp3) is 0.875. The van der Waals surface area contributed by atoms with Crippen molar-refractivity contribution in [2.45, 2.75) is 19.9 Å². The Morgan fingerprint density at radius 1 is 1.29 bits per heavy atom. The molecule has 0 aromatic heterocycles. The molecule has 0 aliphatic carbocycles. The zero-order valence-electron chi connectivity index (χ0n) is 8.49. The summed E-state index contributed by atoms with van der Waals surface area (Å²) in [5, 5.41) is 2.73. The molecule has 0 unspecified atom stereocenters. The number of hydrogen-bond donors (Lipinski definition) is 1. The highest BCUT2D eigenvalue weighted by atomic mass is 32.2. The van der Waals surface area contributed by atoms with Gasteiger partial charge in [-0.05, 0) is 13.8 Å². The van der Waals surface area contributed by atoms with Gasteiger partial charge in [0.1, 0.15) is 0 Å². The summed E-state index contributed by atoms with van der Waals surface area (Å²) in [5.74, 6) is 0.164. The molecule has 1 aliphatic heterocycles. The molecule has 0 atom stereocenters. The maximum Gasteiger partial charge on any atom is 0.317 e. The van der Waals surface area contributed by atoms with Gasteiger partial charge in [-0.1, -0.05) is 0 Å². The fourth-order valence-electron chi connectivity index (χ4n) is 1.25. The normalized spacial score (nSPS) is 20.9. The van der Waals surface area contributed by atoms with E-state index in [-0.39, 0.29) is 23.6 Å². The van der Waals surface area contributed by atoms with E-state index in [1.807, 2.05) is 13.8 Å². The van der Waals surface area contributed by atoms with Crippen LogP contribution in [0.15, 0.2) is 0 Å². The zero-order chi connectivity index (χ0) is 10.8. The van der Waals surface area contributed by atoms with Gasteiger partial charge in [0.15, 0.2) is 9.84 Å². The molecule has 0 saturated carbocycles. The maximum atomic E-state index is 11.4. The lowest BCUT2D eigenvalue weighted by atomic mass is 10.4. The van der Waals surface area contributed by atoms with Crippen LogP contribution in [0, 0.1) is 0 Å². The summed E-state index contributed by atoms with van der Waals surface area (Å²) in [6.45, 7) is 4.36. The Labute approximate surface area is 84.4 Å². The first kappa shape index (κ1) is 11.3. The van der Waals surface area contributed by atoms with Crippen molar-refractivity contribution in [3.63, 3.8) is 0 Å². The summed E-state index contributed by atoms with van der Waals surface area (Å²) in [5.41, 5.74) is 0. The average molecular weight is 220 g/mol. The molecule has 0 aromatic rings.